The fourth-order valence-electron chi connectivity index (χ4n) is 4.40. The van der Waals surface area contributed by atoms with E-state index < -0.39 is 6.10 Å². The monoisotopic (exact) mass is 485 g/mol. The van der Waals surface area contributed by atoms with Crippen molar-refractivity contribution in [2.45, 2.75) is 45.8 Å². The average Bonchev–Trinajstić information content (AvgIpc) is 3.53. The van der Waals surface area contributed by atoms with E-state index in [1.807, 2.05) is 54.5 Å². The number of hydrogen-bond donors (Lipinski definition) is 2. The maximum atomic E-state index is 10.1. The first-order valence-corrected chi connectivity index (χ1v) is 12.3. The maximum absolute atomic E-state index is 10.1. The molecule has 0 radical (unpaired) electrons. The smallest absolute Gasteiger partial charge is 0.159 e. The van der Waals surface area contributed by atoms with Crippen LogP contribution in [0.4, 0.5) is 0 Å². The van der Waals surface area contributed by atoms with Crippen molar-refractivity contribution < 1.29 is 14.6 Å². The number of aliphatic hydroxyl groups is 1. The van der Waals surface area contributed by atoms with Crippen molar-refractivity contribution in [3.8, 4) is 33.9 Å². The van der Waals surface area contributed by atoms with Crippen LogP contribution in [0.5, 0.6) is 11.5 Å². The zero-order chi connectivity index (χ0) is 25.2. The lowest BCUT2D eigenvalue weighted by Crippen LogP contribution is -2.17. The van der Waals surface area contributed by atoms with Gasteiger partial charge in [-0.2, -0.15) is 5.10 Å². The third-order valence-electron chi connectivity index (χ3n) is 6.24. The van der Waals surface area contributed by atoms with Crippen LogP contribution < -0.4 is 9.47 Å². The molecule has 0 aliphatic carbocycles. The summed E-state index contributed by atoms with van der Waals surface area (Å²) < 4.78 is 13.4. The molecule has 5 rings (SSSR count). The van der Waals surface area contributed by atoms with Crippen molar-refractivity contribution in [3.05, 3.63) is 55.0 Å². The number of fused-ring (bicyclic) bond motifs is 2. The average molecular weight is 486 g/mol. The van der Waals surface area contributed by atoms with Gasteiger partial charge in [0.15, 0.2) is 5.65 Å². The number of rotatable bonds is 9. The van der Waals surface area contributed by atoms with Gasteiger partial charge in [0.1, 0.15) is 23.8 Å². The van der Waals surface area contributed by atoms with E-state index in [-0.39, 0.29) is 12.6 Å². The lowest BCUT2D eigenvalue weighted by molar-refractivity contribution is 0.0992. The number of methoxy groups -OCH3 is 1. The van der Waals surface area contributed by atoms with Crippen LogP contribution in [0.3, 0.4) is 0 Å². The highest BCUT2D eigenvalue weighted by molar-refractivity contribution is 5.96. The Bertz CT molecular complexity index is 1500. The lowest BCUT2D eigenvalue weighted by atomic mass is 10.0. The SMILES string of the molecule is CCCC(O)COc1cc(OC)cc(-c2cc(-c3cnc4[nH]ccc4c3)c3cnn(C(C)C)c3n2)c1. The summed E-state index contributed by atoms with van der Waals surface area (Å²) in [6, 6.07) is 12.0. The zero-order valence-electron chi connectivity index (χ0n) is 21.0. The van der Waals surface area contributed by atoms with Crippen LogP contribution in [0.1, 0.15) is 39.7 Å². The zero-order valence-corrected chi connectivity index (χ0v) is 21.0. The highest BCUT2D eigenvalue weighted by Gasteiger charge is 2.17. The summed E-state index contributed by atoms with van der Waals surface area (Å²) in [4.78, 5) is 12.8. The Balaban J connectivity index is 1.65. The molecule has 0 saturated carbocycles. The van der Waals surface area contributed by atoms with Crippen molar-refractivity contribution in [1.29, 1.82) is 0 Å². The van der Waals surface area contributed by atoms with Gasteiger partial charge in [-0.25, -0.2) is 14.6 Å². The molecule has 0 amide bonds. The van der Waals surface area contributed by atoms with Crippen molar-refractivity contribution in [3.63, 3.8) is 0 Å². The molecule has 8 nitrogen and oxygen atoms in total. The number of aromatic nitrogens is 5. The summed E-state index contributed by atoms with van der Waals surface area (Å²) in [5.41, 5.74) is 5.26. The molecule has 4 heterocycles. The Kier molecular flexibility index (Phi) is 6.61. The largest absolute Gasteiger partial charge is 0.497 e. The molecule has 1 aromatic carbocycles. The Morgan fingerprint density at radius 3 is 2.67 bits per heavy atom. The number of ether oxygens (including phenoxy) is 2. The molecule has 186 valence electrons. The summed E-state index contributed by atoms with van der Waals surface area (Å²) in [5, 5.41) is 16.8. The van der Waals surface area contributed by atoms with Gasteiger partial charge < -0.3 is 19.6 Å². The summed E-state index contributed by atoms with van der Waals surface area (Å²) in [6.45, 7) is 6.44. The minimum absolute atomic E-state index is 0.146. The first-order chi connectivity index (χ1) is 17.5. The minimum Gasteiger partial charge on any atom is -0.497 e. The molecule has 1 unspecified atom stereocenters. The molecular weight excluding hydrogens is 454 g/mol. The van der Waals surface area contributed by atoms with E-state index in [9.17, 15) is 5.11 Å². The Morgan fingerprint density at radius 2 is 1.89 bits per heavy atom. The summed E-state index contributed by atoms with van der Waals surface area (Å²) >= 11 is 0. The van der Waals surface area contributed by atoms with Gasteiger partial charge in [0.2, 0.25) is 0 Å². The fourth-order valence-corrected chi connectivity index (χ4v) is 4.40. The van der Waals surface area contributed by atoms with Crippen molar-refractivity contribution in [2.75, 3.05) is 13.7 Å². The van der Waals surface area contributed by atoms with Crippen LogP contribution in [0.25, 0.3) is 44.5 Å². The molecule has 8 heteroatoms. The number of aromatic amines is 1. The first kappa shape index (κ1) is 23.8. The molecule has 36 heavy (non-hydrogen) atoms. The number of benzene rings is 1. The normalized spacial score (nSPS) is 12.5. The van der Waals surface area contributed by atoms with Gasteiger partial charge in [0.05, 0.1) is 25.1 Å². The Labute approximate surface area is 209 Å². The van der Waals surface area contributed by atoms with Gasteiger partial charge in [0, 0.05) is 46.4 Å². The van der Waals surface area contributed by atoms with Crippen molar-refractivity contribution >= 4 is 22.1 Å². The van der Waals surface area contributed by atoms with Gasteiger partial charge in [-0.1, -0.05) is 13.3 Å². The second-order valence-electron chi connectivity index (χ2n) is 9.27. The number of nitrogens with zero attached hydrogens (tertiary/aromatic N) is 4. The Hall–Kier alpha value is -3.91. The van der Waals surface area contributed by atoms with Crippen LogP contribution in [0.15, 0.2) is 55.0 Å². The highest BCUT2D eigenvalue weighted by atomic mass is 16.5. The predicted octanol–water partition coefficient (Wildman–Crippen LogP) is 5.77. The van der Waals surface area contributed by atoms with Crippen LogP contribution in [0.2, 0.25) is 0 Å². The molecule has 0 bridgehead atoms. The second-order valence-corrected chi connectivity index (χ2v) is 9.27. The third-order valence-corrected chi connectivity index (χ3v) is 6.24. The lowest BCUT2D eigenvalue weighted by Gasteiger charge is -2.15. The van der Waals surface area contributed by atoms with Crippen molar-refractivity contribution in [2.24, 2.45) is 0 Å². The molecule has 2 N–H and O–H groups in total. The summed E-state index contributed by atoms with van der Waals surface area (Å²) in [6.07, 6.45) is 6.71. The van der Waals surface area contributed by atoms with Crippen LogP contribution in [0, 0.1) is 0 Å². The number of nitrogens with one attached hydrogen (secondary N) is 1. The molecule has 0 saturated heterocycles. The van der Waals surface area contributed by atoms with Crippen LogP contribution in [-0.4, -0.2) is 49.7 Å². The first-order valence-electron chi connectivity index (χ1n) is 12.3. The number of aliphatic hydroxyl groups excluding tert-OH is 1. The number of pyridine rings is 2. The van der Waals surface area contributed by atoms with E-state index in [2.05, 4.69) is 41.0 Å². The number of H-pyrrole nitrogens is 1. The van der Waals surface area contributed by atoms with Gasteiger partial charge >= 0.3 is 0 Å². The third kappa shape index (κ3) is 4.64. The second kappa shape index (κ2) is 9.99. The van der Waals surface area contributed by atoms with Crippen LogP contribution >= 0.6 is 0 Å². The quantitative estimate of drug-likeness (QED) is 0.275. The van der Waals surface area contributed by atoms with E-state index >= 15 is 0 Å². The van der Waals surface area contributed by atoms with Gasteiger partial charge in [-0.15, -0.1) is 0 Å². The minimum atomic E-state index is -0.512. The highest BCUT2D eigenvalue weighted by Crippen LogP contribution is 2.36. The fraction of sp³-hybridized carbons (Fsp3) is 0.321. The van der Waals surface area contributed by atoms with E-state index in [0.717, 1.165) is 50.9 Å². The van der Waals surface area contributed by atoms with Crippen molar-refractivity contribution in [1.82, 2.24) is 24.7 Å². The van der Waals surface area contributed by atoms with Gasteiger partial charge in [0.25, 0.3) is 0 Å². The molecule has 0 spiro atoms. The van der Waals surface area contributed by atoms with Gasteiger partial charge in [-0.3, -0.25) is 0 Å². The summed E-state index contributed by atoms with van der Waals surface area (Å²) in [5.74, 6) is 1.28. The molecule has 0 fully saturated rings. The topological polar surface area (TPSA) is 98.1 Å². The van der Waals surface area contributed by atoms with E-state index in [4.69, 9.17) is 14.5 Å². The Morgan fingerprint density at radius 1 is 1.06 bits per heavy atom. The molecule has 4 aromatic heterocycles. The van der Waals surface area contributed by atoms with E-state index in [1.165, 1.54) is 0 Å². The number of hydrogen-bond acceptors (Lipinski definition) is 6. The molecule has 0 aliphatic rings. The molecule has 5 aromatic rings. The summed E-state index contributed by atoms with van der Waals surface area (Å²) in [7, 11) is 1.63. The molecule has 0 aliphatic heterocycles. The van der Waals surface area contributed by atoms with E-state index in [1.54, 1.807) is 7.11 Å². The maximum Gasteiger partial charge on any atom is 0.159 e. The molecular formula is C28H31N5O3. The van der Waals surface area contributed by atoms with Crippen LogP contribution in [-0.2, 0) is 0 Å². The van der Waals surface area contributed by atoms with Gasteiger partial charge in [-0.05, 0) is 56.2 Å². The van der Waals surface area contributed by atoms with E-state index in [0.29, 0.717) is 17.9 Å². The predicted molar refractivity (Wildman–Crippen MR) is 141 cm³/mol. The standard InChI is InChI=1S/C28H31N5O3/c1-5-6-21(34)16-36-23-11-19(10-22(12-23)35-4)26-13-24(20-9-18-7-8-29-27(18)30-14-20)25-15-31-33(17(2)3)28(25)32-26/h7-15,17,21,34H,5-6,16H2,1-4H3,(H,29,30). The molecule has 1 atom stereocenters.